The van der Waals surface area contributed by atoms with Crippen LogP contribution in [0.5, 0.6) is 5.75 Å². The Morgan fingerprint density at radius 3 is 2.83 bits per heavy atom. The molecule has 23 heavy (non-hydrogen) atoms. The quantitative estimate of drug-likeness (QED) is 0.773. The third kappa shape index (κ3) is 3.11. The molecular weight excluding hydrogens is 296 g/mol. The summed E-state index contributed by atoms with van der Waals surface area (Å²) in [7, 11) is 0. The third-order valence-electron chi connectivity index (χ3n) is 3.18. The number of carbonyl (C=O) groups excluding carboxylic acids is 1. The summed E-state index contributed by atoms with van der Waals surface area (Å²) in [6, 6.07) is 10.7. The van der Waals surface area contributed by atoms with Crippen LogP contribution in [-0.4, -0.2) is 17.5 Å². The summed E-state index contributed by atoms with van der Waals surface area (Å²) in [6.45, 7) is 4.21. The highest BCUT2D eigenvalue weighted by Crippen LogP contribution is 2.28. The van der Waals surface area contributed by atoms with Gasteiger partial charge in [0, 0.05) is 0 Å². The number of nitrogens with zero attached hydrogens (tertiary/aromatic N) is 1. The summed E-state index contributed by atoms with van der Waals surface area (Å²) in [5, 5.41) is 2.79. The SMILES string of the molecule is CCOc1ccccc1NC(=O)c1ncoc1-c1ccc(C)o1. The number of ether oxygens (including phenoxy) is 1. The number of anilines is 1. The monoisotopic (exact) mass is 312 g/mol. The first-order valence-electron chi connectivity index (χ1n) is 7.22. The Bertz CT molecular complexity index is 819. The fourth-order valence-electron chi connectivity index (χ4n) is 2.17. The van der Waals surface area contributed by atoms with Crippen molar-refractivity contribution in [3.63, 3.8) is 0 Å². The van der Waals surface area contributed by atoms with Crippen molar-refractivity contribution in [1.82, 2.24) is 4.98 Å². The maximum absolute atomic E-state index is 12.5. The summed E-state index contributed by atoms with van der Waals surface area (Å²) in [4.78, 5) is 16.5. The van der Waals surface area contributed by atoms with Crippen LogP contribution in [0.3, 0.4) is 0 Å². The molecule has 3 rings (SSSR count). The number of carbonyl (C=O) groups is 1. The Hall–Kier alpha value is -3.02. The van der Waals surface area contributed by atoms with E-state index in [1.807, 2.05) is 26.0 Å². The fourth-order valence-corrected chi connectivity index (χ4v) is 2.17. The van der Waals surface area contributed by atoms with Crippen molar-refractivity contribution in [3.8, 4) is 17.3 Å². The number of aromatic nitrogens is 1. The molecule has 3 aromatic rings. The Morgan fingerprint density at radius 1 is 1.26 bits per heavy atom. The topological polar surface area (TPSA) is 77.5 Å². The number of furan rings is 1. The molecule has 0 bridgehead atoms. The van der Waals surface area contributed by atoms with Crippen LogP contribution < -0.4 is 10.1 Å². The van der Waals surface area contributed by atoms with Gasteiger partial charge in [-0.05, 0) is 38.1 Å². The van der Waals surface area contributed by atoms with E-state index >= 15 is 0 Å². The van der Waals surface area contributed by atoms with Gasteiger partial charge in [0.25, 0.3) is 5.91 Å². The second-order valence-corrected chi connectivity index (χ2v) is 4.82. The molecule has 6 nitrogen and oxygen atoms in total. The molecule has 118 valence electrons. The molecule has 0 atom stereocenters. The molecule has 1 amide bonds. The van der Waals surface area contributed by atoms with Gasteiger partial charge in [0.05, 0.1) is 12.3 Å². The number of nitrogens with one attached hydrogen (secondary N) is 1. The Balaban J connectivity index is 1.87. The van der Waals surface area contributed by atoms with Gasteiger partial charge in [0.15, 0.2) is 17.8 Å². The molecule has 6 heteroatoms. The van der Waals surface area contributed by atoms with E-state index in [-0.39, 0.29) is 5.69 Å². The molecule has 0 radical (unpaired) electrons. The molecule has 2 aromatic heterocycles. The van der Waals surface area contributed by atoms with E-state index in [0.717, 1.165) is 5.76 Å². The van der Waals surface area contributed by atoms with Crippen LogP contribution in [-0.2, 0) is 0 Å². The van der Waals surface area contributed by atoms with Crippen LogP contribution in [0.25, 0.3) is 11.5 Å². The number of para-hydroxylation sites is 2. The zero-order valence-electron chi connectivity index (χ0n) is 12.8. The summed E-state index contributed by atoms with van der Waals surface area (Å²) >= 11 is 0. The van der Waals surface area contributed by atoms with Crippen molar-refractivity contribution in [2.75, 3.05) is 11.9 Å². The van der Waals surface area contributed by atoms with Crippen LogP contribution in [0.1, 0.15) is 23.2 Å². The van der Waals surface area contributed by atoms with Gasteiger partial charge in [-0.25, -0.2) is 4.98 Å². The van der Waals surface area contributed by atoms with Crippen LogP contribution in [0.4, 0.5) is 5.69 Å². The largest absolute Gasteiger partial charge is 0.492 e. The number of rotatable bonds is 5. The van der Waals surface area contributed by atoms with Crippen molar-refractivity contribution in [2.45, 2.75) is 13.8 Å². The molecule has 1 N–H and O–H groups in total. The number of aryl methyl sites for hydroxylation is 1. The van der Waals surface area contributed by atoms with E-state index in [4.69, 9.17) is 13.6 Å². The highest BCUT2D eigenvalue weighted by molar-refractivity contribution is 6.06. The maximum Gasteiger partial charge on any atom is 0.278 e. The minimum atomic E-state index is -0.394. The molecule has 0 unspecified atom stereocenters. The van der Waals surface area contributed by atoms with E-state index in [9.17, 15) is 4.79 Å². The first-order valence-corrected chi connectivity index (χ1v) is 7.22. The highest BCUT2D eigenvalue weighted by Gasteiger charge is 2.21. The first-order chi connectivity index (χ1) is 11.2. The van der Waals surface area contributed by atoms with E-state index in [1.165, 1.54) is 6.39 Å². The summed E-state index contributed by atoms with van der Waals surface area (Å²) in [6.07, 6.45) is 1.22. The van der Waals surface area contributed by atoms with E-state index in [0.29, 0.717) is 29.6 Å². The normalized spacial score (nSPS) is 10.5. The van der Waals surface area contributed by atoms with Crippen LogP contribution in [0, 0.1) is 6.92 Å². The minimum absolute atomic E-state index is 0.158. The van der Waals surface area contributed by atoms with Gasteiger partial charge >= 0.3 is 0 Å². The third-order valence-corrected chi connectivity index (χ3v) is 3.18. The van der Waals surface area contributed by atoms with Gasteiger partial charge < -0.3 is 18.9 Å². The number of benzene rings is 1. The predicted octanol–water partition coefficient (Wildman–Crippen LogP) is 3.89. The van der Waals surface area contributed by atoms with Gasteiger partial charge in [0.1, 0.15) is 11.5 Å². The Morgan fingerprint density at radius 2 is 2.09 bits per heavy atom. The van der Waals surface area contributed by atoms with Crippen molar-refractivity contribution >= 4 is 11.6 Å². The van der Waals surface area contributed by atoms with Crippen LogP contribution in [0.2, 0.25) is 0 Å². The summed E-state index contributed by atoms with van der Waals surface area (Å²) < 4.78 is 16.3. The lowest BCUT2D eigenvalue weighted by molar-refractivity contribution is 0.102. The van der Waals surface area contributed by atoms with Crippen LogP contribution >= 0.6 is 0 Å². The minimum Gasteiger partial charge on any atom is -0.492 e. The summed E-state index contributed by atoms with van der Waals surface area (Å²) in [5.41, 5.74) is 0.731. The van der Waals surface area contributed by atoms with Crippen molar-refractivity contribution in [2.24, 2.45) is 0 Å². The molecule has 0 aliphatic rings. The van der Waals surface area contributed by atoms with E-state index in [2.05, 4.69) is 10.3 Å². The lowest BCUT2D eigenvalue weighted by Crippen LogP contribution is -2.14. The molecular formula is C17H16N2O4. The van der Waals surface area contributed by atoms with Crippen molar-refractivity contribution in [3.05, 3.63) is 54.2 Å². The van der Waals surface area contributed by atoms with Crippen LogP contribution in [0.15, 0.2) is 51.6 Å². The molecule has 0 saturated carbocycles. The first kappa shape index (κ1) is 14.9. The van der Waals surface area contributed by atoms with Gasteiger partial charge in [-0.1, -0.05) is 12.1 Å². The molecule has 0 fully saturated rings. The van der Waals surface area contributed by atoms with E-state index in [1.54, 1.807) is 24.3 Å². The van der Waals surface area contributed by atoms with Gasteiger partial charge in [-0.3, -0.25) is 4.79 Å². The van der Waals surface area contributed by atoms with Crippen molar-refractivity contribution < 1.29 is 18.4 Å². The number of amides is 1. The molecule has 2 heterocycles. The smallest absolute Gasteiger partial charge is 0.278 e. The van der Waals surface area contributed by atoms with E-state index < -0.39 is 5.91 Å². The zero-order chi connectivity index (χ0) is 16.2. The second kappa shape index (κ2) is 6.39. The molecule has 0 aliphatic heterocycles. The fraction of sp³-hybridized carbons (Fsp3) is 0.176. The Kier molecular flexibility index (Phi) is 4.14. The molecule has 0 aliphatic carbocycles. The van der Waals surface area contributed by atoms with Gasteiger partial charge in [-0.2, -0.15) is 0 Å². The van der Waals surface area contributed by atoms with Gasteiger partial charge in [-0.15, -0.1) is 0 Å². The molecule has 0 spiro atoms. The molecule has 0 saturated heterocycles. The number of oxazole rings is 1. The average Bonchev–Trinajstić information content (AvgIpc) is 3.18. The zero-order valence-corrected chi connectivity index (χ0v) is 12.8. The highest BCUT2D eigenvalue weighted by atomic mass is 16.5. The summed E-state index contributed by atoms with van der Waals surface area (Å²) in [5.74, 6) is 1.69. The molecule has 1 aromatic carbocycles. The van der Waals surface area contributed by atoms with Gasteiger partial charge in [0.2, 0.25) is 5.76 Å². The average molecular weight is 312 g/mol. The number of hydrogen-bond acceptors (Lipinski definition) is 5. The van der Waals surface area contributed by atoms with Crippen molar-refractivity contribution in [1.29, 1.82) is 0 Å². The Labute approximate surface area is 133 Å². The number of hydrogen-bond donors (Lipinski definition) is 1. The predicted molar refractivity (Wildman–Crippen MR) is 84.5 cm³/mol. The maximum atomic E-state index is 12.5. The lowest BCUT2D eigenvalue weighted by Gasteiger charge is -2.10. The standard InChI is InChI=1S/C17H16N2O4/c1-3-21-13-7-5-4-6-12(13)19-17(20)15-16(22-10-18-15)14-9-8-11(2)23-14/h4-10H,3H2,1-2H3,(H,19,20). The second-order valence-electron chi connectivity index (χ2n) is 4.82. The lowest BCUT2D eigenvalue weighted by atomic mass is 10.2.